The van der Waals surface area contributed by atoms with Gasteiger partial charge in [-0.1, -0.05) is 19.9 Å². The highest BCUT2D eigenvalue weighted by molar-refractivity contribution is 5.43. The van der Waals surface area contributed by atoms with Crippen molar-refractivity contribution >= 4 is 0 Å². The fourth-order valence-corrected chi connectivity index (χ4v) is 2.05. The normalized spacial score (nSPS) is 11.2. The van der Waals surface area contributed by atoms with E-state index in [0.29, 0.717) is 5.92 Å². The zero-order valence-corrected chi connectivity index (χ0v) is 11.6. The summed E-state index contributed by atoms with van der Waals surface area (Å²) >= 11 is 0. The van der Waals surface area contributed by atoms with Gasteiger partial charge >= 0.3 is 0 Å². The van der Waals surface area contributed by atoms with Crippen molar-refractivity contribution in [2.24, 2.45) is 5.92 Å². The maximum Gasteiger partial charge on any atom is 0.0211 e. The molecule has 90 valence electrons. The molecule has 1 aromatic rings. The van der Waals surface area contributed by atoms with E-state index in [1.165, 1.54) is 27.8 Å². The van der Waals surface area contributed by atoms with Crippen molar-refractivity contribution in [1.29, 1.82) is 0 Å². The maximum atomic E-state index is 3.54. The smallest absolute Gasteiger partial charge is 0.0211 e. The number of hydrogen-bond donors (Lipinski definition) is 1. The van der Waals surface area contributed by atoms with Gasteiger partial charge in [-0.3, -0.25) is 0 Å². The Morgan fingerprint density at radius 3 is 1.94 bits per heavy atom. The molecule has 0 heterocycles. The quantitative estimate of drug-likeness (QED) is 0.815. The molecule has 0 aliphatic rings. The number of rotatable bonds is 4. The van der Waals surface area contributed by atoms with Gasteiger partial charge in [0, 0.05) is 6.54 Å². The molecule has 16 heavy (non-hydrogen) atoms. The Hall–Kier alpha value is -0.820. The molecule has 0 amide bonds. The first kappa shape index (κ1) is 13.2. The second kappa shape index (κ2) is 5.49. The molecule has 0 spiro atoms. The van der Waals surface area contributed by atoms with Crippen molar-refractivity contribution in [3.8, 4) is 0 Å². The van der Waals surface area contributed by atoms with Crippen LogP contribution >= 0.6 is 0 Å². The number of aryl methyl sites for hydroxylation is 2. The van der Waals surface area contributed by atoms with Gasteiger partial charge in [-0.25, -0.2) is 0 Å². The second-order valence-electron chi connectivity index (χ2n) is 5.26. The summed E-state index contributed by atoms with van der Waals surface area (Å²) in [5, 5.41) is 3.54. The standard InChI is InChI=1S/C15H25N/c1-10(2)8-16-9-15-13(5)11(3)7-12(4)14(15)6/h7,10,16H,8-9H2,1-6H3. The Kier molecular flexibility index (Phi) is 4.55. The Morgan fingerprint density at radius 1 is 1.00 bits per heavy atom. The van der Waals surface area contributed by atoms with Crippen LogP contribution in [-0.4, -0.2) is 6.54 Å². The molecule has 1 N–H and O–H groups in total. The van der Waals surface area contributed by atoms with Crippen LogP contribution in [0.15, 0.2) is 6.07 Å². The van der Waals surface area contributed by atoms with Crippen LogP contribution in [0.4, 0.5) is 0 Å². The SMILES string of the molecule is Cc1cc(C)c(C)c(CNCC(C)C)c1C. The summed E-state index contributed by atoms with van der Waals surface area (Å²) in [6.45, 7) is 15.4. The zero-order valence-electron chi connectivity index (χ0n) is 11.6. The van der Waals surface area contributed by atoms with E-state index >= 15 is 0 Å². The molecular formula is C15H25N. The summed E-state index contributed by atoms with van der Waals surface area (Å²) < 4.78 is 0. The fourth-order valence-electron chi connectivity index (χ4n) is 2.05. The average molecular weight is 219 g/mol. The molecule has 0 bridgehead atoms. The second-order valence-corrected chi connectivity index (χ2v) is 5.26. The lowest BCUT2D eigenvalue weighted by atomic mass is 9.94. The van der Waals surface area contributed by atoms with Crippen molar-refractivity contribution in [3.05, 3.63) is 33.9 Å². The van der Waals surface area contributed by atoms with Crippen LogP contribution in [0.3, 0.4) is 0 Å². The number of hydrogen-bond acceptors (Lipinski definition) is 1. The monoisotopic (exact) mass is 219 g/mol. The topological polar surface area (TPSA) is 12.0 Å². The Bertz CT molecular complexity index is 338. The van der Waals surface area contributed by atoms with E-state index in [9.17, 15) is 0 Å². The summed E-state index contributed by atoms with van der Waals surface area (Å²) in [6.07, 6.45) is 0. The molecule has 0 aromatic heterocycles. The molecule has 0 saturated carbocycles. The predicted octanol–water partition coefficient (Wildman–Crippen LogP) is 3.67. The van der Waals surface area contributed by atoms with Crippen LogP contribution in [0.1, 0.15) is 41.7 Å². The van der Waals surface area contributed by atoms with Crippen LogP contribution in [0.2, 0.25) is 0 Å². The molecule has 1 rings (SSSR count). The first-order valence-corrected chi connectivity index (χ1v) is 6.20. The minimum atomic E-state index is 0.714. The summed E-state index contributed by atoms with van der Waals surface area (Å²) in [5.74, 6) is 0.714. The van der Waals surface area contributed by atoms with Gasteiger partial charge < -0.3 is 5.32 Å². The lowest BCUT2D eigenvalue weighted by Gasteiger charge is -2.16. The van der Waals surface area contributed by atoms with E-state index in [1.807, 2.05) is 0 Å². The van der Waals surface area contributed by atoms with Crippen molar-refractivity contribution in [2.75, 3.05) is 6.54 Å². The van der Waals surface area contributed by atoms with Crippen LogP contribution in [-0.2, 0) is 6.54 Å². The van der Waals surface area contributed by atoms with Crippen LogP contribution in [0.25, 0.3) is 0 Å². The minimum Gasteiger partial charge on any atom is -0.312 e. The highest BCUT2D eigenvalue weighted by Gasteiger charge is 2.07. The molecule has 0 aliphatic heterocycles. The van der Waals surface area contributed by atoms with E-state index in [1.54, 1.807) is 0 Å². The summed E-state index contributed by atoms with van der Waals surface area (Å²) in [4.78, 5) is 0. The Balaban J connectivity index is 2.86. The van der Waals surface area contributed by atoms with Crippen LogP contribution in [0.5, 0.6) is 0 Å². The minimum absolute atomic E-state index is 0.714. The lowest BCUT2D eigenvalue weighted by Crippen LogP contribution is -2.20. The van der Waals surface area contributed by atoms with E-state index in [0.717, 1.165) is 13.1 Å². The van der Waals surface area contributed by atoms with Gasteiger partial charge in [0.25, 0.3) is 0 Å². The molecule has 0 atom stereocenters. The fraction of sp³-hybridized carbons (Fsp3) is 0.600. The van der Waals surface area contributed by atoms with Gasteiger partial charge in [0.2, 0.25) is 0 Å². The number of nitrogens with one attached hydrogen (secondary N) is 1. The third-order valence-electron chi connectivity index (χ3n) is 3.38. The largest absolute Gasteiger partial charge is 0.312 e. The summed E-state index contributed by atoms with van der Waals surface area (Å²) in [6, 6.07) is 2.29. The molecular weight excluding hydrogens is 194 g/mol. The van der Waals surface area contributed by atoms with Crippen molar-refractivity contribution in [2.45, 2.75) is 48.1 Å². The van der Waals surface area contributed by atoms with Gasteiger partial charge in [0.05, 0.1) is 0 Å². The van der Waals surface area contributed by atoms with Crippen LogP contribution < -0.4 is 5.32 Å². The highest BCUT2D eigenvalue weighted by atomic mass is 14.9. The van der Waals surface area contributed by atoms with Gasteiger partial charge in [0.15, 0.2) is 0 Å². The molecule has 0 saturated heterocycles. The first-order valence-electron chi connectivity index (χ1n) is 6.20. The molecule has 0 fully saturated rings. The first-order chi connectivity index (χ1) is 7.43. The van der Waals surface area contributed by atoms with E-state index in [2.05, 4.69) is 52.9 Å². The van der Waals surface area contributed by atoms with Crippen molar-refractivity contribution in [3.63, 3.8) is 0 Å². The van der Waals surface area contributed by atoms with Gasteiger partial charge in [-0.2, -0.15) is 0 Å². The maximum absolute atomic E-state index is 3.54. The molecule has 0 radical (unpaired) electrons. The Morgan fingerprint density at radius 2 is 1.50 bits per heavy atom. The lowest BCUT2D eigenvalue weighted by molar-refractivity contribution is 0.550. The highest BCUT2D eigenvalue weighted by Crippen LogP contribution is 2.21. The molecule has 1 aromatic carbocycles. The third kappa shape index (κ3) is 3.08. The van der Waals surface area contributed by atoms with Crippen molar-refractivity contribution < 1.29 is 0 Å². The number of benzene rings is 1. The molecule has 0 unspecified atom stereocenters. The third-order valence-corrected chi connectivity index (χ3v) is 3.38. The van der Waals surface area contributed by atoms with E-state index in [4.69, 9.17) is 0 Å². The van der Waals surface area contributed by atoms with Gasteiger partial charge in [-0.15, -0.1) is 0 Å². The molecule has 1 nitrogen and oxygen atoms in total. The summed E-state index contributed by atoms with van der Waals surface area (Å²) in [5.41, 5.74) is 7.19. The van der Waals surface area contributed by atoms with E-state index in [-0.39, 0.29) is 0 Å². The van der Waals surface area contributed by atoms with Crippen molar-refractivity contribution in [1.82, 2.24) is 5.32 Å². The predicted molar refractivity (Wildman–Crippen MR) is 71.9 cm³/mol. The average Bonchev–Trinajstić information content (AvgIpc) is 2.20. The Labute approximate surface area is 100 Å². The van der Waals surface area contributed by atoms with Gasteiger partial charge in [-0.05, 0) is 68.0 Å². The van der Waals surface area contributed by atoms with E-state index < -0.39 is 0 Å². The zero-order chi connectivity index (χ0) is 12.3. The van der Waals surface area contributed by atoms with Crippen LogP contribution in [0, 0.1) is 33.6 Å². The molecule has 0 aliphatic carbocycles. The molecule has 1 heteroatoms. The van der Waals surface area contributed by atoms with Gasteiger partial charge in [0.1, 0.15) is 0 Å². The summed E-state index contributed by atoms with van der Waals surface area (Å²) in [7, 11) is 0.